The zero-order valence-electron chi connectivity index (χ0n) is 16.6. The van der Waals surface area contributed by atoms with E-state index in [1.807, 2.05) is 62.4 Å². The second-order valence-corrected chi connectivity index (χ2v) is 7.40. The van der Waals surface area contributed by atoms with Gasteiger partial charge in [-0.25, -0.2) is 0 Å². The molecular weight excluding hydrogens is 352 g/mol. The zero-order chi connectivity index (χ0) is 19.9. The molecule has 0 spiro atoms. The number of nitrogens with one attached hydrogen (secondary N) is 1. The number of nitrogens with zero attached hydrogens (tertiary/aromatic N) is 1. The van der Waals surface area contributed by atoms with Gasteiger partial charge < -0.3 is 15.0 Å². The summed E-state index contributed by atoms with van der Waals surface area (Å²) in [4.78, 5) is 26.6. The predicted molar refractivity (Wildman–Crippen MR) is 109 cm³/mol. The van der Waals surface area contributed by atoms with E-state index in [4.69, 9.17) is 4.74 Å². The predicted octanol–water partition coefficient (Wildman–Crippen LogP) is 3.24. The van der Waals surface area contributed by atoms with E-state index in [0.717, 1.165) is 11.1 Å². The summed E-state index contributed by atoms with van der Waals surface area (Å²) in [7, 11) is 0. The van der Waals surface area contributed by atoms with E-state index in [1.54, 1.807) is 4.90 Å². The lowest BCUT2D eigenvalue weighted by Gasteiger charge is -2.31. The van der Waals surface area contributed by atoms with Crippen molar-refractivity contribution in [1.82, 2.24) is 10.2 Å². The van der Waals surface area contributed by atoms with Gasteiger partial charge in [0, 0.05) is 25.6 Å². The minimum absolute atomic E-state index is 0.0284. The minimum Gasteiger partial charge on any atom is -0.484 e. The molecule has 1 aliphatic heterocycles. The van der Waals surface area contributed by atoms with E-state index in [1.165, 1.54) is 5.56 Å². The van der Waals surface area contributed by atoms with Crippen LogP contribution in [-0.2, 0) is 16.1 Å². The van der Waals surface area contributed by atoms with E-state index >= 15 is 0 Å². The van der Waals surface area contributed by atoms with E-state index in [9.17, 15) is 9.59 Å². The smallest absolute Gasteiger partial charge is 0.260 e. The van der Waals surface area contributed by atoms with Crippen molar-refractivity contribution in [2.24, 2.45) is 5.92 Å². The van der Waals surface area contributed by atoms with Crippen molar-refractivity contribution in [2.75, 3.05) is 19.7 Å². The van der Waals surface area contributed by atoms with Crippen molar-refractivity contribution < 1.29 is 14.3 Å². The van der Waals surface area contributed by atoms with Gasteiger partial charge in [-0.3, -0.25) is 9.59 Å². The number of carbonyl (C=O) groups excluding carboxylic acids is 2. The number of amides is 2. The Bertz CT molecular complexity index is 809. The number of piperidine rings is 1. The Balaban J connectivity index is 1.40. The molecule has 1 aliphatic rings. The lowest BCUT2D eigenvalue weighted by atomic mass is 9.95. The summed E-state index contributed by atoms with van der Waals surface area (Å²) in [6.45, 7) is 5.83. The number of ether oxygens (including phenoxy) is 1. The molecule has 5 heteroatoms. The molecule has 0 bridgehead atoms. The van der Waals surface area contributed by atoms with Crippen LogP contribution < -0.4 is 10.1 Å². The Labute approximate surface area is 166 Å². The zero-order valence-corrected chi connectivity index (χ0v) is 16.6. The third-order valence-electron chi connectivity index (χ3n) is 5.32. The standard InChI is InChI=1S/C23H28N2O3/c1-17-7-9-21(10-8-17)28-16-22(26)25-13-11-19(12-14-25)23(27)24-15-20-6-4-3-5-18(20)2/h3-10,19H,11-16H2,1-2H3,(H,24,27). The lowest BCUT2D eigenvalue weighted by molar-refractivity contribution is -0.137. The fourth-order valence-electron chi connectivity index (χ4n) is 3.40. The molecule has 3 rings (SSSR count). The fourth-order valence-corrected chi connectivity index (χ4v) is 3.40. The first-order valence-electron chi connectivity index (χ1n) is 9.82. The maximum atomic E-state index is 12.5. The SMILES string of the molecule is Cc1ccc(OCC(=O)N2CCC(C(=O)NCc3ccccc3C)CC2)cc1. The van der Waals surface area contributed by atoms with Crippen LogP contribution in [0.2, 0.25) is 0 Å². The Morgan fingerprint density at radius 3 is 2.39 bits per heavy atom. The van der Waals surface area contributed by atoms with Crippen LogP contribution in [0.15, 0.2) is 48.5 Å². The first kappa shape index (κ1) is 19.9. The molecule has 0 saturated carbocycles. The van der Waals surface area contributed by atoms with Crippen LogP contribution in [0.4, 0.5) is 0 Å². The minimum atomic E-state index is -0.0360. The molecule has 2 aromatic rings. The topological polar surface area (TPSA) is 58.6 Å². The first-order chi connectivity index (χ1) is 13.5. The highest BCUT2D eigenvalue weighted by Gasteiger charge is 2.27. The van der Waals surface area contributed by atoms with Crippen LogP contribution in [0.3, 0.4) is 0 Å². The van der Waals surface area contributed by atoms with Gasteiger partial charge in [-0.1, -0.05) is 42.0 Å². The molecule has 2 aromatic carbocycles. The maximum Gasteiger partial charge on any atom is 0.260 e. The van der Waals surface area contributed by atoms with Crippen LogP contribution in [0, 0.1) is 19.8 Å². The van der Waals surface area contributed by atoms with Crippen molar-refractivity contribution in [2.45, 2.75) is 33.2 Å². The summed E-state index contributed by atoms with van der Waals surface area (Å²) in [5, 5.41) is 3.04. The highest BCUT2D eigenvalue weighted by molar-refractivity contribution is 5.80. The largest absolute Gasteiger partial charge is 0.484 e. The van der Waals surface area contributed by atoms with Crippen molar-refractivity contribution >= 4 is 11.8 Å². The van der Waals surface area contributed by atoms with Crippen molar-refractivity contribution in [3.8, 4) is 5.75 Å². The quantitative estimate of drug-likeness (QED) is 0.837. The fraction of sp³-hybridized carbons (Fsp3) is 0.391. The van der Waals surface area contributed by atoms with E-state index < -0.39 is 0 Å². The van der Waals surface area contributed by atoms with Gasteiger partial charge in [0.05, 0.1) is 0 Å². The number of hydrogen-bond donors (Lipinski definition) is 1. The average Bonchev–Trinajstić information content (AvgIpc) is 2.72. The normalized spacial score (nSPS) is 14.6. The number of likely N-dealkylation sites (tertiary alicyclic amines) is 1. The lowest BCUT2D eigenvalue weighted by Crippen LogP contribution is -2.44. The van der Waals surface area contributed by atoms with Gasteiger partial charge in [0.1, 0.15) is 5.75 Å². The molecule has 5 nitrogen and oxygen atoms in total. The van der Waals surface area contributed by atoms with Gasteiger partial charge in [-0.15, -0.1) is 0 Å². The third-order valence-corrected chi connectivity index (χ3v) is 5.32. The highest BCUT2D eigenvalue weighted by atomic mass is 16.5. The van der Waals surface area contributed by atoms with Gasteiger partial charge in [0.2, 0.25) is 5.91 Å². The van der Waals surface area contributed by atoms with Gasteiger partial charge in [-0.2, -0.15) is 0 Å². The summed E-state index contributed by atoms with van der Waals surface area (Å²) in [5.74, 6) is 0.709. The molecule has 1 heterocycles. The van der Waals surface area contributed by atoms with Crippen LogP contribution >= 0.6 is 0 Å². The highest BCUT2D eigenvalue weighted by Crippen LogP contribution is 2.19. The average molecular weight is 380 g/mol. The van der Waals surface area contributed by atoms with Gasteiger partial charge in [0.15, 0.2) is 6.61 Å². The second-order valence-electron chi connectivity index (χ2n) is 7.40. The van der Waals surface area contributed by atoms with E-state index in [-0.39, 0.29) is 24.3 Å². The Hall–Kier alpha value is -2.82. The number of hydrogen-bond acceptors (Lipinski definition) is 3. The molecule has 28 heavy (non-hydrogen) atoms. The van der Waals surface area contributed by atoms with Gasteiger partial charge in [-0.05, 0) is 49.9 Å². The molecule has 1 fully saturated rings. The van der Waals surface area contributed by atoms with Crippen molar-refractivity contribution in [3.63, 3.8) is 0 Å². The number of aryl methyl sites for hydroxylation is 2. The van der Waals surface area contributed by atoms with Gasteiger partial charge >= 0.3 is 0 Å². The van der Waals surface area contributed by atoms with Gasteiger partial charge in [0.25, 0.3) is 5.91 Å². The monoisotopic (exact) mass is 380 g/mol. The Morgan fingerprint density at radius 1 is 1.04 bits per heavy atom. The molecule has 0 aromatic heterocycles. The Kier molecular flexibility index (Phi) is 6.69. The summed E-state index contributed by atoms with van der Waals surface area (Å²) in [6, 6.07) is 15.7. The Morgan fingerprint density at radius 2 is 1.71 bits per heavy atom. The second kappa shape index (κ2) is 9.40. The number of rotatable bonds is 6. The maximum absolute atomic E-state index is 12.5. The molecule has 148 valence electrons. The third kappa shape index (κ3) is 5.35. The molecule has 0 atom stereocenters. The summed E-state index contributed by atoms with van der Waals surface area (Å²) >= 11 is 0. The van der Waals surface area contributed by atoms with E-state index in [0.29, 0.717) is 38.2 Å². The molecular formula is C23H28N2O3. The molecule has 0 unspecified atom stereocenters. The van der Waals surface area contributed by atoms with Crippen LogP contribution in [-0.4, -0.2) is 36.4 Å². The molecule has 1 N–H and O–H groups in total. The molecule has 2 amide bonds. The number of benzene rings is 2. The van der Waals surface area contributed by atoms with Crippen molar-refractivity contribution in [3.05, 3.63) is 65.2 Å². The van der Waals surface area contributed by atoms with Crippen LogP contribution in [0.25, 0.3) is 0 Å². The number of carbonyl (C=O) groups is 2. The summed E-state index contributed by atoms with van der Waals surface area (Å²) in [6.07, 6.45) is 1.38. The summed E-state index contributed by atoms with van der Waals surface area (Å²) < 4.78 is 5.58. The summed E-state index contributed by atoms with van der Waals surface area (Å²) in [5.41, 5.74) is 3.47. The molecule has 0 aliphatic carbocycles. The first-order valence-corrected chi connectivity index (χ1v) is 9.82. The van der Waals surface area contributed by atoms with E-state index in [2.05, 4.69) is 5.32 Å². The van der Waals surface area contributed by atoms with Crippen LogP contribution in [0.1, 0.15) is 29.5 Å². The van der Waals surface area contributed by atoms with Crippen LogP contribution in [0.5, 0.6) is 5.75 Å². The molecule has 0 radical (unpaired) electrons. The van der Waals surface area contributed by atoms with Crippen molar-refractivity contribution in [1.29, 1.82) is 0 Å². The molecule has 1 saturated heterocycles.